The van der Waals surface area contributed by atoms with Gasteiger partial charge in [-0.05, 0) is 47.0 Å². The first-order chi connectivity index (χ1) is 19.7. The van der Waals surface area contributed by atoms with Crippen LogP contribution < -0.4 is 20.7 Å². The summed E-state index contributed by atoms with van der Waals surface area (Å²) >= 11 is 6.49. The van der Waals surface area contributed by atoms with E-state index in [9.17, 15) is 0 Å². The maximum Gasteiger partial charge on any atom is 0.152 e. The molecule has 0 bridgehead atoms. The van der Waals surface area contributed by atoms with Crippen LogP contribution in [-0.4, -0.2) is 9.55 Å². The van der Waals surface area contributed by atoms with Crippen LogP contribution in [0.1, 0.15) is 0 Å². The molecule has 0 radical (unpaired) electrons. The zero-order valence-corrected chi connectivity index (χ0v) is 23.1. The van der Waals surface area contributed by atoms with Crippen LogP contribution in [0.25, 0.3) is 38.8 Å². The second kappa shape index (κ2) is 9.02. The van der Waals surface area contributed by atoms with Crippen molar-refractivity contribution in [2.75, 3.05) is 0 Å². The van der Waals surface area contributed by atoms with Crippen LogP contribution in [0.3, 0.4) is 0 Å². The Balaban J connectivity index is 1.23. The molecule has 0 atom stereocenters. The highest BCUT2D eigenvalue weighted by atomic mass is 32.4. The average Bonchev–Trinajstić information content (AvgIpc) is 3.37. The predicted octanol–water partition coefficient (Wildman–Crippen LogP) is 7.71. The van der Waals surface area contributed by atoms with Gasteiger partial charge in [-0.1, -0.05) is 109 Å². The number of hydrogen-bond donors (Lipinski definition) is 0. The van der Waals surface area contributed by atoms with Crippen molar-refractivity contribution in [3.8, 4) is 28.4 Å². The first kappa shape index (κ1) is 23.4. The SMILES string of the molecule is S=P(c1ccccc1)(c1ccccc1)c1ccc(-c2ccc3c(c2)Oc2cccc4c5ccccc5n-3c24)nc1. The van der Waals surface area contributed by atoms with Crippen LogP contribution in [0.2, 0.25) is 0 Å². The number of ether oxygens (including phenoxy) is 1. The highest BCUT2D eigenvalue weighted by Crippen LogP contribution is 2.46. The summed E-state index contributed by atoms with van der Waals surface area (Å²) in [6.07, 6.45) is 1.97. The summed E-state index contributed by atoms with van der Waals surface area (Å²) in [4.78, 5) is 4.94. The molecule has 8 rings (SSSR count). The molecule has 1 aliphatic heterocycles. The highest BCUT2D eigenvalue weighted by molar-refractivity contribution is 8.25. The fourth-order valence-corrected chi connectivity index (χ4v) is 9.48. The first-order valence-corrected chi connectivity index (χ1v) is 16.0. The van der Waals surface area contributed by atoms with E-state index in [0.717, 1.165) is 49.9 Å². The smallest absolute Gasteiger partial charge is 0.152 e. The number of aromatic nitrogens is 2. The highest BCUT2D eigenvalue weighted by Gasteiger charge is 2.26. The van der Waals surface area contributed by atoms with Crippen LogP contribution in [0, 0.1) is 0 Å². The molecule has 0 fully saturated rings. The Morgan fingerprint density at radius 3 is 2.02 bits per heavy atom. The van der Waals surface area contributed by atoms with E-state index in [0.29, 0.717) is 0 Å². The van der Waals surface area contributed by atoms with Crippen LogP contribution in [0.5, 0.6) is 11.5 Å². The molecule has 190 valence electrons. The van der Waals surface area contributed by atoms with Crippen LogP contribution in [-0.2, 0) is 11.8 Å². The molecule has 5 aromatic carbocycles. The zero-order valence-electron chi connectivity index (χ0n) is 21.4. The average molecular weight is 551 g/mol. The van der Waals surface area contributed by atoms with E-state index in [1.54, 1.807) is 0 Å². The van der Waals surface area contributed by atoms with Crippen molar-refractivity contribution in [3.63, 3.8) is 0 Å². The van der Waals surface area contributed by atoms with Crippen molar-refractivity contribution in [3.05, 3.63) is 140 Å². The van der Waals surface area contributed by atoms with Gasteiger partial charge in [0.05, 0.1) is 22.4 Å². The van der Waals surface area contributed by atoms with E-state index in [1.165, 1.54) is 16.3 Å². The molecule has 3 nitrogen and oxygen atoms in total. The van der Waals surface area contributed by atoms with Crippen molar-refractivity contribution >= 4 is 55.6 Å². The lowest BCUT2D eigenvalue weighted by Gasteiger charge is -2.24. The standard InChI is InChI=1S/C35H23N2OPS/c40-39(25-10-3-1-4-11-25,26-12-5-2-6-13-26)27-19-20-30(36-23-27)24-18-21-32-34(22-24)38-33-17-9-15-29-28-14-7-8-16-31(28)37(32)35(29)33/h1-23H. The maximum atomic E-state index is 6.49. The minimum Gasteiger partial charge on any atom is -0.453 e. The van der Waals surface area contributed by atoms with E-state index >= 15 is 0 Å². The Kier molecular flexibility index (Phi) is 5.28. The van der Waals surface area contributed by atoms with Gasteiger partial charge in [0.2, 0.25) is 0 Å². The van der Waals surface area contributed by atoms with Gasteiger partial charge in [-0.3, -0.25) is 4.98 Å². The molecule has 0 saturated carbocycles. The minimum absolute atomic E-state index is 0.823. The molecule has 7 aromatic rings. The molecule has 5 heteroatoms. The van der Waals surface area contributed by atoms with Crippen LogP contribution in [0.15, 0.2) is 140 Å². The molecule has 0 aliphatic carbocycles. The van der Waals surface area contributed by atoms with E-state index in [4.69, 9.17) is 21.5 Å². The number of rotatable bonds is 4. The van der Waals surface area contributed by atoms with Gasteiger partial charge in [0.15, 0.2) is 11.5 Å². The van der Waals surface area contributed by atoms with Gasteiger partial charge < -0.3 is 9.30 Å². The van der Waals surface area contributed by atoms with Gasteiger partial charge in [-0.25, -0.2) is 0 Å². The quantitative estimate of drug-likeness (QED) is 0.210. The molecule has 40 heavy (non-hydrogen) atoms. The number of benzene rings is 5. The fraction of sp³-hybridized carbons (Fsp3) is 0. The Labute approximate surface area is 237 Å². The number of pyridine rings is 1. The summed E-state index contributed by atoms with van der Waals surface area (Å²) in [5.41, 5.74) is 5.22. The zero-order chi connectivity index (χ0) is 26.7. The van der Waals surface area contributed by atoms with E-state index < -0.39 is 6.04 Å². The van der Waals surface area contributed by atoms with E-state index in [2.05, 4.69) is 120 Å². The Hall–Kier alpha value is -4.50. The van der Waals surface area contributed by atoms with Gasteiger partial charge in [0.25, 0.3) is 0 Å². The number of nitrogens with zero attached hydrogens (tertiary/aromatic N) is 2. The van der Waals surface area contributed by atoms with Gasteiger partial charge in [-0.2, -0.15) is 0 Å². The molecule has 0 unspecified atom stereocenters. The number of para-hydroxylation sites is 2. The second-order valence-corrected chi connectivity index (χ2v) is 14.4. The predicted molar refractivity (Wildman–Crippen MR) is 170 cm³/mol. The van der Waals surface area contributed by atoms with Gasteiger partial charge in [-0.15, -0.1) is 0 Å². The minimum atomic E-state index is -2.24. The number of hydrogen-bond acceptors (Lipinski definition) is 3. The van der Waals surface area contributed by atoms with Crippen molar-refractivity contribution in [1.29, 1.82) is 0 Å². The molecule has 1 aliphatic rings. The van der Waals surface area contributed by atoms with E-state index in [-0.39, 0.29) is 0 Å². The molecular formula is C35H23N2OPS. The molecule has 0 saturated heterocycles. The summed E-state index contributed by atoms with van der Waals surface area (Å²) in [5.74, 6) is 1.69. The lowest BCUT2D eigenvalue weighted by Crippen LogP contribution is -2.25. The van der Waals surface area contributed by atoms with Crippen LogP contribution >= 0.6 is 6.04 Å². The lowest BCUT2D eigenvalue weighted by atomic mass is 10.1. The Bertz CT molecular complexity index is 2060. The fourth-order valence-electron chi connectivity index (χ4n) is 5.84. The normalized spacial score (nSPS) is 12.3. The molecule has 0 N–H and O–H groups in total. The first-order valence-electron chi connectivity index (χ1n) is 13.2. The van der Waals surface area contributed by atoms with Crippen molar-refractivity contribution in [2.45, 2.75) is 0 Å². The van der Waals surface area contributed by atoms with Gasteiger partial charge in [0.1, 0.15) is 0 Å². The summed E-state index contributed by atoms with van der Waals surface area (Å²) < 4.78 is 8.79. The summed E-state index contributed by atoms with van der Waals surface area (Å²) in [5, 5.41) is 5.83. The number of fused-ring (bicyclic) bond motifs is 5. The van der Waals surface area contributed by atoms with Crippen molar-refractivity contribution in [1.82, 2.24) is 9.55 Å². The Morgan fingerprint density at radius 2 is 1.30 bits per heavy atom. The third kappa shape index (κ3) is 3.43. The second-order valence-electron chi connectivity index (χ2n) is 9.97. The largest absolute Gasteiger partial charge is 0.453 e. The maximum absolute atomic E-state index is 6.49. The molecule has 2 aromatic heterocycles. The van der Waals surface area contributed by atoms with Gasteiger partial charge in [0, 0.05) is 33.9 Å². The summed E-state index contributed by atoms with van der Waals surface area (Å²) in [6, 6.07) is 44.1. The van der Waals surface area contributed by atoms with Crippen molar-refractivity contribution < 1.29 is 4.74 Å². The monoisotopic (exact) mass is 550 g/mol. The van der Waals surface area contributed by atoms with Crippen molar-refractivity contribution in [2.24, 2.45) is 0 Å². The third-order valence-corrected chi connectivity index (χ3v) is 12.7. The van der Waals surface area contributed by atoms with E-state index in [1.807, 2.05) is 24.4 Å². The lowest BCUT2D eigenvalue weighted by molar-refractivity contribution is 0.476. The van der Waals surface area contributed by atoms with Crippen LogP contribution in [0.4, 0.5) is 0 Å². The molecular weight excluding hydrogens is 527 g/mol. The molecule has 0 spiro atoms. The summed E-state index contributed by atoms with van der Waals surface area (Å²) in [6.45, 7) is 0. The van der Waals surface area contributed by atoms with Gasteiger partial charge >= 0.3 is 0 Å². The molecule has 3 heterocycles. The summed E-state index contributed by atoms with van der Waals surface area (Å²) in [7, 11) is 0. The third-order valence-electron chi connectivity index (χ3n) is 7.73. The Morgan fingerprint density at radius 1 is 0.600 bits per heavy atom. The molecule has 0 amide bonds. The topological polar surface area (TPSA) is 27.1 Å².